The van der Waals surface area contributed by atoms with Crippen molar-refractivity contribution in [3.8, 4) is 0 Å². The third-order valence-corrected chi connectivity index (χ3v) is 4.13. The quantitative estimate of drug-likeness (QED) is 0.783. The van der Waals surface area contributed by atoms with Crippen LogP contribution in [0.1, 0.15) is 19.8 Å². The van der Waals surface area contributed by atoms with Crippen molar-refractivity contribution in [2.24, 2.45) is 5.92 Å². The van der Waals surface area contributed by atoms with Gasteiger partial charge >= 0.3 is 0 Å². The molecule has 0 aliphatic heterocycles. The third kappa shape index (κ3) is 4.28. The Morgan fingerprint density at radius 2 is 2.18 bits per heavy atom. The van der Waals surface area contributed by atoms with Crippen LogP contribution in [0.2, 0.25) is 0 Å². The summed E-state index contributed by atoms with van der Waals surface area (Å²) in [5.41, 5.74) is 0. The molecule has 0 heterocycles. The second-order valence-corrected chi connectivity index (χ2v) is 5.74. The van der Waals surface area contributed by atoms with E-state index in [1.807, 2.05) is 0 Å². The molecule has 1 aliphatic rings. The SMILES string of the molecule is CC(CNC1CC1)CSc1ccc(F)cc1F. The maximum Gasteiger partial charge on any atom is 0.139 e. The van der Waals surface area contributed by atoms with Gasteiger partial charge in [0, 0.05) is 22.8 Å². The molecule has 4 heteroatoms. The van der Waals surface area contributed by atoms with E-state index in [0.29, 0.717) is 16.9 Å². The molecule has 0 saturated heterocycles. The van der Waals surface area contributed by atoms with E-state index in [9.17, 15) is 8.78 Å². The van der Waals surface area contributed by atoms with Crippen LogP contribution in [0.3, 0.4) is 0 Å². The largest absolute Gasteiger partial charge is 0.314 e. The van der Waals surface area contributed by atoms with Gasteiger partial charge in [0.25, 0.3) is 0 Å². The minimum Gasteiger partial charge on any atom is -0.314 e. The molecule has 94 valence electrons. The number of rotatable bonds is 6. The van der Waals surface area contributed by atoms with Gasteiger partial charge in [-0.1, -0.05) is 6.92 Å². The highest BCUT2D eigenvalue weighted by molar-refractivity contribution is 7.99. The van der Waals surface area contributed by atoms with E-state index in [4.69, 9.17) is 0 Å². The summed E-state index contributed by atoms with van der Waals surface area (Å²) in [5.74, 6) is 0.361. The van der Waals surface area contributed by atoms with Crippen molar-refractivity contribution >= 4 is 11.8 Å². The van der Waals surface area contributed by atoms with E-state index in [1.54, 1.807) is 0 Å². The first-order valence-corrected chi connectivity index (χ1v) is 6.95. The molecule has 0 radical (unpaired) electrons. The number of hydrogen-bond donors (Lipinski definition) is 1. The summed E-state index contributed by atoms with van der Waals surface area (Å²) in [7, 11) is 0. The predicted molar refractivity (Wildman–Crippen MR) is 67.3 cm³/mol. The molecule has 1 aromatic carbocycles. The summed E-state index contributed by atoms with van der Waals surface area (Å²) in [6.45, 7) is 3.12. The Balaban J connectivity index is 1.75. The Labute approximate surface area is 105 Å². The average molecular weight is 257 g/mol. The van der Waals surface area contributed by atoms with E-state index < -0.39 is 11.6 Å². The van der Waals surface area contributed by atoms with Gasteiger partial charge in [0.15, 0.2) is 0 Å². The summed E-state index contributed by atoms with van der Waals surface area (Å²) in [5, 5.41) is 3.45. The molecule has 0 spiro atoms. The van der Waals surface area contributed by atoms with Crippen molar-refractivity contribution in [2.75, 3.05) is 12.3 Å². The van der Waals surface area contributed by atoms with Gasteiger partial charge in [-0.05, 0) is 37.4 Å². The van der Waals surface area contributed by atoms with Crippen molar-refractivity contribution in [3.05, 3.63) is 29.8 Å². The lowest BCUT2D eigenvalue weighted by Gasteiger charge is -2.12. The average Bonchev–Trinajstić information content (AvgIpc) is 3.09. The fraction of sp³-hybridized carbons (Fsp3) is 0.538. The second-order valence-electron chi connectivity index (χ2n) is 4.67. The molecule has 1 unspecified atom stereocenters. The van der Waals surface area contributed by atoms with E-state index in [-0.39, 0.29) is 0 Å². The first-order valence-electron chi connectivity index (χ1n) is 5.96. The molecular weight excluding hydrogens is 240 g/mol. The molecule has 1 N–H and O–H groups in total. The van der Waals surface area contributed by atoms with Crippen LogP contribution in [0.4, 0.5) is 8.78 Å². The van der Waals surface area contributed by atoms with Crippen LogP contribution in [0.15, 0.2) is 23.1 Å². The normalized spacial score (nSPS) is 17.1. The standard InChI is InChI=1S/C13H17F2NS/c1-9(7-16-11-3-4-11)8-17-13-5-2-10(14)6-12(13)15/h2,5-6,9,11,16H,3-4,7-8H2,1H3. The number of thioether (sulfide) groups is 1. The fourth-order valence-electron chi connectivity index (χ4n) is 1.54. The molecule has 1 aliphatic carbocycles. The summed E-state index contributed by atoms with van der Waals surface area (Å²) in [6, 6.07) is 4.47. The molecule has 1 saturated carbocycles. The zero-order valence-corrected chi connectivity index (χ0v) is 10.7. The van der Waals surface area contributed by atoms with Gasteiger partial charge in [-0.25, -0.2) is 8.78 Å². The van der Waals surface area contributed by atoms with Crippen molar-refractivity contribution in [2.45, 2.75) is 30.7 Å². The maximum atomic E-state index is 13.3. The van der Waals surface area contributed by atoms with E-state index in [0.717, 1.165) is 18.4 Å². The van der Waals surface area contributed by atoms with Crippen LogP contribution in [-0.2, 0) is 0 Å². The van der Waals surface area contributed by atoms with Gasteiger partial charge in [-0.2, -0.15) is 0 Å². The highest BCUT2D eigenvalue weighted by Crippen LogP contribution is 2.25. The molecule has 0 aromatic heterocycles. The Bertz CT molecular complexity index is 380. The number of hydrogen-bond acceptors (Lipinski definition) is 2. The van der Waals surface area contributed by atoms with Gasteiger partial charge in [0.05, 0.1) is 0 Å². The van der Waals surface area contributed by atoms with E-state index in [2.05, 4.69) is 12.2 Å². The van der Waals surface area contributed by atoms with Gasteiger partial charge in [-0.15, -0.1) is 11.8 Å². The second kappa shape index (κ2) is 5.83. The van der Waals surface area contributed by atoms with Crippen molar-refractivity contribution < 1.29 is 8.78 Å². The fourth-order valence-corrected chi connectivity index (χ4v) is 2.48. The molecule has 1 atom stereocenters. The number of benzene rings is 1. The lowest BCUT2D eigenvalue weighted by molar-refractivity contribution is 0.553. The molecule has 1 aromatic rings. The van der Waals surface area contributed by atoms with Gasteiger partial charge in [0.1, 0.15) is 11.6 Å². The predicted octanol–water partition coefficient (Wildman–Crippen LogP) is 3.45. The van der Waals surface area contributed by atoms with Crippen LogP contribution in [-0.4, -0.2) is 18.3 Å². The molecular formula is C13H17F2NS. The van der Waals surface area contributed by atoms with Gasteiger partial charge in [-0.3, -0.25) is 0 Å². The summed E-state index contributed by atoms with van der Waals surface area (Å²) in [6.07, 6.45) is 2.57. The summed E-state index contributed by atoms with van der Waals surface area (Å²) in [4.78, 5) is 0.532. The highest BCUT2D eigenvalue weighted by atomic mass is 32.2. The lowest BCUT2D eigenvalue weighted by atomic mass is 10.2. The molecule has 0 amide bonds. The van der Waals surface area contributed by atoms with Crippen LogP contribution in [0.5, 0.6) is 0 Å². The number of halogens is 2. The van der Waals surface area contributed by atoms with Gasteiger partial charge < -0.3 is 5.32 Å². The van der Waals surface area contributed by atoms with Crippen LogP contribution < -0.4 is 5.32 Å². The molecule has 17 heavy (non-hydrogen) atoms. The topological polar surface area (TPSA) is 12.0 Å². The molecule has 2 rings (SSSR count). The molecule has 1 nitrogen and oxygen atoms in total. The minimum absolute atomic E-state index is 0.461. The Kier molecular flexibility index (Phi) is 4.40. The van der Waals surface area contributed by atoms with Crippen molar-refractivity contribution in [3.63, 3.8) is 0 Å². The zero-order chi connectivity index (χ0) is 12.3. The maximum absolute atomic E-state index is 13.3. The zero-order valence-electron chi connectivity index (χ0n) is 9.88. The molecule has 0 bridgehead atoms. The Morgan fingerprint density at radius 3 is 2.82 bits per heavy atom. The summed E-state index contributed by atoms with van der Waals surface area (Å²) < 4.78 is 26.1. The Morgan fingerprint density at radius 1 is 1.41 bits per heavy atom. The van der Waals surface area contributed by atoms with E-state index in [1.165, 1.54) is 36.7 Å². The third-order valence-electron chi connectivity index (χ3n) is 2.75. The molecule has 1 fully saturated rings. The first kappa shape index (κ1) is 12.8. The number of nitrogens with one attached hydrogen (secondary N) is 1. The highest BCUT2D eigenvalue weighted by Gasteiger charge is 2.20. The van der Waals surface area contributed by atoms with Gasteiger partial charge in [0.2, 0.25) is 0 Å². The van der Waals surface area contributed by atoms with E-state index >= 15 is 0 Å². The van der Waals surface area contributed by atoms with Crippen molar-refractivity contribution in [1.82, 2.24) is 5.32 Å². The van der Waals surface area contributed by atoms with Crippen LogP contribution in [0.25, 0.3) is 0 Å². The first-order chi connectivity index (χ1) is 8.15. The lowest BCUT2D eigenvalue weighted by Crippen LogP contribution is -2.24. The monoisotopic (exact) mass is 257 g/mol. The van der Waals surface area contributed by atoms with Crippen LogP contribution in [0, 0.1) is 17.6 Å². The van der Waals surface area contributed by atoms with Crippen LogP contribution >= 0.6 is 11.8 Å². The Hall–Kier alpha value is -0.610. The smallest absolute Gasteiger partial charge is 0.139 e. The van der Waals surface area contributed by atoms with Crippen molar-refractivity contribution in [1.29, 1.82) is 0 Å². The summed E-state index contributed by atoms with van der Waals surface area (Å²) >= 11 is 1.45. The minimum atomic E-state index is -0.518.